The van der Waals surface area contributed by atoms with Crippen LogP contribution in [0.4, 0.5) is 5.82 Å². The molecule has 8 heteroatoms. The van der Waals surface area contributed by atoms with E-state index in [0.717, 1.165) is 49.6 Å². The minimum Gasteiger partial charge on any atom is -0.495 e. The third-order valence-corrected chi connectivity index (χ3v) is 6.60. The predicted octanol–water partition coefficient (Wildman–Crippen LogP) is 2.69. The zero-order valence-corrected chi connectivity index (χ0v) is 16.5. The molecule has 0 aliphatic carbocycles. The number of rotatable bonds is 3. The van der Waals surface area contributed by atoms with Gasteiger partial charge in [-0.1, -0.05) is 6.07 Å². The molecule has 3 aromatic heterocycles. The number of nitrogens with zero attached hydrogens (tertiary/aromatic N) is 3. The molecule has 1 aromatic carbocycles. The summed E-state index contributed by atoms with van der Waals surface area (Å²) >= 11 is 1.64. The third kappa shape index (κ3) is 2.49. The van der Waals surface area contributed by atoms with Crippen LogP contribution in [0, 0.1) is 6.92 Å². The van der Waals surface area contributed by atoms with Crippen LogP contribution in [0.5, 0.6) is 5.75 Å². The number of ether oxygens (including phenoxy) is 1. The Bertz CT molecular complexity index is 1210. The highest BCUT2D eigenvalue weighted by atomic mass is 32.1. The quantitative estimate of drug-likeness (QED) is 0.493. The molecular formula is C20H21N5O2S. The number of benzene rings is 1. The van der Waals surface area contributed by atoms with Crippen LogP contribution < -0.4 is 15.8 Å². The summed E-state index contributed by atoms with van der Waals surface area (Å²) in [5, 5.41) is 19.9. The molecule has 1 saturated heterocycles. The number of aliphatic hydroxyl groups is 1. The van der Waals surface area contributed by atoms with Crippen molar-refractivity contribution in [3.63, 3.8) is 0 Å². The van der Waals surface area contributed by atoms with Gasteiger partial charge >= 0.3 is 0 Å². The maximum atomic E-state index is 11.2. The largest absolute Gasteiger partial charge is 0.495 e. The lowest BCUT2D eigenvalue weighted by Gasteiger charge is -2.20. The fourth-order valence-corrected chi connectivity index (χ4v) is 5.18. The summed E-state index contributed by atoms with van der Waals surface area (Å²) in [5.74, 6) is 1.25. The second-order valence-electron chi connectivity index (χ2n) is 7.30. The Morgan fingerprint density at radius 3 is 2.93 bits per heavy atom. The topological polar surface area (TPSA) is 97.7 Å². The molecule has 1 aliphatic rings. The number of thiophene rings is 1. The zero-order valence-electron chi connectivity index (χ0n) is 15.7. The van der Waals surface area contributed by atoms with Crippen LogP contribution in [0.3, 0.4) is 0 Å². The first-order valence-corrected chi connectivity index (χ1v) is 9.96. The van der Waals surface area contributed by atoms with Crippen molar-refractivity contribution in [2.24, 2.45) is 0 Å². The van der Waals surface area contributed by atoms with Crippen LogP contribution in [0.15, 0.2) is 30.6 Å². The zero-order chi connectivity index (χ0) is 19.5. The number of anilines is 1. The number of aryl methyl sites for hydroxylation is 1. The Hall–Kier alpha value is -2.68. The SMILES string of the molecule is COc1cc(C)cc2cc(-c3cc(C4(O)CCNC4)n4ncnc(N)c34)sc12. The summed E-state index contributed by atoms with van der Waals surface area (Å²) in [7, 11) is 1.69. The van der Waals surface area contributed by atoms with E-state index < -0.39 is 5.60 Å². The summed E-state index contributed by atoms with van der Waals surface area (Å²) in [5.41, 5.74) is 8.78. The normalized spacial score (nSPS) is 19.7. The Kier molecular flexibility index (Phi) is 3.84. The summed E-state index contributed by atoms with van der Waals surface area (Å²) in [4.78, 5) is 5.23. The van der Waals surface area contributed by atoms with E-state index in [4.69, 9.17) is 10.5 Å². The van der Waals surface area contributed by atoms with Crippen molar-refractivity contribution >= 4 is 32.8 Å². The molecule has 0 spiro atoms. The first-order valence-electron chi connectivity index (χ1n) is 9.14. The highest BCUT2D eigenvalue weighted by Crippen LogP contribution is 2.43. The molecule has 4 N–H and O–H groups in total. The average molecular weight is 395 g/mol. The standard InChI is InChI=1S/C20H21N5O2S/c1-11-5-12-7-15(28-18(12)14(6-11)27-2)13-8-16(20(26)3-4-22-9-20)25-17(13)19(21)23-10-24-25/h5-8,10,22,26H,3-4,9H2,1-2H3,(H2,21,23,24). The predicted molar refractivity (Wildman–Crippen MR) is 111 cm³/mol. The van der Waals surface area contributed by atoms with Crippen LogP contribution in [-0.4, -0.2) is 39.9 Å². The summed E-state index contributed by atoms with van der Waals surface area (Å²) < 4.78 is 8.40. The van der Waals surface area contributed by atoms with Crippen LogP contribution in [0.1, 0.15) is 17.7 Å². The fraction of sp³-hybridized carbons (Fsp3) is 0.300. The lowest BCUT2D eigenvalue weighted by atomic mass is 9.98. The van der Waals surface area contributed by atoms with Gasteiger partial charge in [-0.2, -0.15) is 5.10 Å². The van der Waals surface area contributed by atoms with E-state index >= 15 is 0 Å². The third-order valence-electron chi connectivity index (χ3n) is 5.40. The van der Waals surface area contributed by atoms with Gasteiger partial charge in [0.25, 0.3) is 0 Å². The monoisotopic (exact) mass is 395 g/mol. The second-order valence-corrected chi connectivity index (χ2v) is 8.36. The Balaban J connectivity index is 1.79. The van der Waals surface area contributed by atoms with Crippen molar-refractivity contribution in [2.45, 2.75) is 18.9 Å². The molecule has 0 radical (unpaired) electrons. The lowest BCUT2D eigenvalue weighted by molar-refractivity contribution is 0.0523. The molecule has 144 valence electrons. The van der Waals surface area contributed by atoms with Gasteiger partial charge in [0.15, 0.2) is 5.82 Å². The maximum Gasteiger partial charge on any atom is 0.152 e. The molecule has 1 atom stereocenters. The molecule has 4 heterocycles. The van der Waals surface area contributed by atoms with E-state index in [2.05, 4.69) is 34.5 Å². The first kappa shape index (κ1) is 17.4. The molecule has 7 nitrogen and oxygen atoms in total. The van der Waals surface area contributed by atoms with Crippen LogP contribution in [-0.2, 0) is 5.60 Å². The van der Waals surface area contributed by atoms with Gasteiger partial charge in [-0.3, -0.25) is 0 Å². The smallest absolute Gasteiger partial charge is 0.152 e. The molecule has 28 heavy (non-hydrogen) atoms. The number of β-amino-alcohol motifs (C(OH)–C–C–N with tert-alkyl or cyclic N) is 1. The number of nitrogens with two attached hydrogens (primary N) is 1. The number of fused-ring (bicyclic) bond motifs is 2. The number of nitrogens with one attached hydrogen (secondary N) is 1. The van der Waals surface area contributed by atoms with E-state index in [1.54, 1.807) is 23.0 Å². The highest BCUT2D eigenvalue weighted by Gasteiger charge is 2.37. The van der Waals surface area contributed by atoms with Gasteiger partial charge in [0, 0.05) is 17.0 Å². The van der Waals surface area contributed by atoms with E-state index in [-0.39, 0.29) is 0 Å². The van der Waals surface area contributed by atoms with E-state index in [9.17, 15) is 5.11 Å². The van der Waals surface area contributed by atoms with Crippen molar-refractivity contribution in [1.29, 1.82) is 0 Å². The lowest BCUT2D eigenvalue weighted by Crippen LogP contribution is -2.30. The van der Waals surface area contributed by atoms with E-state index in [1.807, 2.05) is 12.1 Å². The van der Waals surface area contributed by atoms with Gasteiger partial charge in [-0.25, -0.2) is 9.50 Å². The molecule has 5 rings (SSSR count). The van der Waals surface area contributed by atoms with Gasteiger partial charge in [0.1, 0.15) is 23.2 Å². The molecule has 0 amide bonds. The number of nitrogen functional groups attached to an aromatic ring is 1. The molecule has 1 unspecified atom stereocenters. The van der Waals surface area contributed by atoms with E-state index in [1.165, 1.54) is 6.33 Å². The molecule has 0 saturated carbocycles. The maximum absolute atomic E-state index is 11.2. The number of hydrogen-bond donors (Lipinski definition) is 3. The van der Waals surface area contributed by atoms with Crippen molar-refractivity contribution in [3.05, 3.63) is 41.9 Å². The Labute approximate surface area is 165 Å². The van der Waals surface area contributed by atoms with Crippen LogP contribution >= 0.6 is 11.3 Å². The van der Waals surface area contributed by atoms with E-state index in [0.29, 0.717) is 18.8 Å². The van der Waals surface area contributed by atoms with Crippen molar-refractivity contribution in [2.75, 3.05) is 25.9 Å². The minimum absolute atomic E-state index is 0.395. The minimum atomic E-state index is -0.979. The molecule has 1 fully saturated rings. The molecule has 4 aromatic rings. The molecule has 1 aliphatic heterocycles. The number of hydrogen-bond acceptors (Lipinski definition) is 7. The number of aromatic nitrogens is 3. The van der Waals surface area contributed by atoms with Crippen LogP contribution in [0.25, 0.3) is 26.0 Å². The van der Waals surface area contributed by atoms with Gasteiger partial charge < -0.3 is 20.9 Å². The summed E-state index contributed by atoms with van der Waals surface area (Å²) in [6, 6.07) is 8.32. The van der Waals surface area contributed by atoms with Gasteiger partial charge in [-0.15, -0.1) is 11.3 Å². The number of methoxy groups -OCH3 is 1. The van der Waals surface area contributed by atoms with Crippen molar-refractivity contribution in [1.82, 2.24) is 19.9 Å². The second kappa shape index (κ2) is 6.16. The Morgan fingerprint density at radius 2 is 2.18 bits per heavy atom. The van der Waals surface area contributed by atoms with Crippen LogP contribution in [0.2, 0.25) is 0 Å². The van der Waals surface area contributed by atoms with Gasteiger partial charge in [0.05, 0.1) is 17.5 Å². The average Bonchev–Trinajstić information content (AvgIpc) is 3.38. The van der Waals surface area contributed by atoms with Gasteiger partial charge in [-0.05, 0) is 49.0 Å². The van der Waals surface area contributed by atoms with Gasteiger partial charge in [0.2, 0.25) is 0 Å². The molecular weight excluding hydrogens is 374 g/mol. The highest BCUT2D eigenvalue weighted by molar-refractivity contribution is 7.22. The fourth-order valence-electron chi connectivity index (χ4n) is 4.03. The van der Waals surface area contributed by atoms with Crippen molar-refractivity contribution in [3.8, 4) is 16.2 Å². The van der Waals surface area contributed by atoms with Crippen molar-refractivity contribution < 1.29 is 9.84 Å². The Morgan fingerprint density at radius 1 is 1.32 bits per heavy atom. The summed E-state index contributed by atoms with van der Waals surface area (Å²) in [6.45, 7) is 3.31. The summed E-state index contributed by atoms with van der Waals surface area (Å²) in [6.07, 6.45) is 2.06. The molecule has 0 bridgehead atoms. The first-order chi connectivity index (χ1) is 13.5.